The van der Waals surface area contributed by atoms with Gasteiger partial charge in [-0.1, -0.05) is 29.8 Å². The van der Waals surface area contributed by atoms with Gasteiger partial charge >= 0.3 is 0 Å². The zero-order valence-electron chi connectivity index (χ0n) is 15.9. The van der Waals surface area contributed by atoms with Crippen molar-refractivity contribution in [2.75, 3.05) is 37.7 Å². The van der Waals surface area contributed by atoms with Crippen LogP contribution in [0, 0.1) is 13.8 Å². The Balaban J connectivity index is 1.78. The highest BCUT2D eigenvalue weighted by molar-refractivity contribution is 7.89. The van der Waals surface area contributed by atoms with Crippen molar-refractivity contribution in [3.8, 4) is 5.75 Å². The summed E-state index contributed by atoms with van der Waals surface area (Å²) in [7, 11) is -3.58. The zero-order valence-corrected chi connectivity index (χ0v) is 17.5. The van der Waals surface area contributed by atoms with Crippen LogP contribution in [0.3, 0.4) is 0 Å². The summed E-state index contributed by atoms with van der Waals surface area (Å²) in [4.78, 5) is 2.49. The quantitative estimate of drug-likeness (QED) is 0.753. The van der Waals surface area contributed by atoms with Crippen LogP contribution in [0.25, 0.3) is 0 Å². The molecule has 0 unspecified atom stereocenters. The van der Waals surface area contributed by atoms with E-state index in [2.05, 4.69) is 30.9 Å². The number of para-hydroxylation sites is 1. The number of nitrogens with zero attached hydrogens (tertiary/aromatic N) is 2. The molecule has 27 heavy (non-hydrogen) atoms. The van der Waals surface area contributed by atoms with Crippen molar-refractivity contribution in [3.63, 3.8) is 0 Å². The van der Waals surface area contributed by atoms with Crippen molar-refractivity contribution in [1.82, 2.24) is 4.31 Å². The molecule has 5 nitrogen and oxygen atoms in total. The minimum absolute atomic E-state index is 0.218. The van der Waals surface area contributed by atoms with Gasteiger partial charge in [0.25, 0.3) is 0 Å². The van der Waals surface area contributed by atoms with E-state index < -0.39 is 10.0 Å². The molecule has 0 spiro atoms. The molecule has 1 aliphatic rings. The molecule has 0 aromatic heterocycles. The van der Waals surface area contributed by atoms with E-state index in [1.807, 2.05) is 13.0 Å². The highest BCUT2D eigenvalue weighted by Crippen LogP contribution is 2.30. The fraction of sp³-hybridized carbons (Fsp3) is 0.400. The summed E-state index contributed by atoms with van der Waals surface area (Å²) in [6, 6.07) is 10.9. The van der Waals surface area contributed by atoms with Gasteiger partial charge in [-0.05, 0) is 44.0 Å². The molecule has 146 valence electrons. The van der Waals surface area contributed by atoms with Crippen LogP contribution in [0.2, 0.25) is 5.02 Å². The van der Waals surface area contributed by atoms with Crippen LogP contribution in [0.15, 0.2) is 41.3 Å². The monoisotopic (exact) mass is 408 g/mol. The van der Waals surface area contributed by atoms with Gasteiger partial charge in [-0.3, -0.25) is 0 Å². The Morgan fingerprint density at radius 2 is 1.67 bits per heavy atom. The lowest BCUT2D eigenvalue weighted by Crippen LogP contribution is -2.49. The first kappa shape index (κ1) is 20.0. The number of ether oxygens (including phenoxy) is 1. The van der Waals surface area contributed by atoms with Crippen molar-refractivity contribution in [3.05, 3.63) is 52.5 Å². The maximum absolute atomic E-state index is 13.0. The predicted molar refractivity (Wildman–Crippen MR) is 110 cm³/mol. The molecular weight excluding hydrogens is 384 g/mol. The van der Waals surface area contributed by atoms with Crippen molar-refractivity contribution in [1.29, 1.82) is 0 Å². The van der Waals surface area contributed by atoms with Gasteiger partial charge in [0.2, 0.25) is 10.0 Å². The van der Waals surface area contributed by atoms with Crippen LogP contribution in [-0.4, -0.2) is 45.5 Å². The maximum atomic E-state index is 13.0. The second-order valence-electron chi connectivity index (χ2n) is 6.66. The Morgan fingerprint density at radius 1 is 1.04 bits per heavy atom. The summed E-state index contributed by atoms with van der Waals surface area (Å²) in [5, 5.41) is 0.413. The lowest BCUT2D eigenvalue weighted by Gasteiger charge is -2.37. The topological polar surface area (TPSA) is 49.9 Å². The molecule has 0 radical (unpaired) electrons. The first-order valence-electron chi connectivity index (χ1n) is 9.08. The summed E-state index contributed by atoms with van der Waals surface area (Å²) >= 11 is 6.09. The fourth-order valence-electron chi connectivity index (χ4n) is 3.52. The molecule has 1 fully saturated rings. The van der Waals surface area contributed by atoms with E-state index in [4.69, 9.17) is 16.3 Å². The molecule has 2 aromatic rings. The lowest BCUT2D eigenvalue weighted by molar-refractivity contribution is 0.339. The smallest absolute Gasteiger partial charge is 0.243 e. The Kier molecular flexibility index (Phi) is 5.99. The molecule has 3 rings (SSSR count). The summed E-state index contributed by atoms with van der Waals surface area (Å²) < 4.78 is 33.1. The van der Waals surface area contributed by atoms with E-state index in [1.54, 1.807) is 6.07 Å². The maximum Gasteiger partial charge on any atom is 0.243 e. The number of aryl methyl sites for hydroxylation is 2. The van der Waals surface area contributed by atoms with Gasteiger partial charge in [0, 0.05) is 37.9 Å². The van der Waals surface area contributed by atoms with Crippen LogP contribution < -0.4 is 9.64 Å². The fourth-order valence-corrected chi connectivity index (χ4v) is 5.13. The molecule has 1 saturated heterocycles. The first-order chi connectivity index (χ1) is 12.8. The summed E-state index contributed by atoms with van der Waals surface area (Å²) in [5.41, 5.74) is 3.63. The molecule has 0 N–H and O–H groups in total. The molecule has 0 amide bonds. The van der Waals surface area contributed by atoms with Crippen LogP contribution in [0.1, 0.15) is 18.1 Å². The number of sulfonamides is 1. The molecule has 7 heteroatoms. The Bertz CT molecular complexity index is 903. The normalized spacial score (nSPS) is 15.8. The number of halogens is 1. The van der Waals surface area contributed by atoms with Crippen LogP contribution >= 0.6 is 11.6 Å². The highest BCUT2D eigenvalue weighted by atomic mass is 35.5. The van der Waals surface area contributed by atoms with Crippen molar-refractivity contribution in [2.45, 2.75) is 25.7 Å². The third-order valence-corrected chi connectivity index (χ3v) is 7.04. The summed E-state index contributed by atoms with van der Waals surface area (Å²) in [5.74, 6) is 0.398. The van der Waals surface area contributed by atoms with Crippen molar-refractivity contribution in [2.24, 2.45) is 0 Å². The van der Waals surface area contributed by atoms with Gasteiger partial charge in [0.15, 0.2) is 0 Å². The van der Waals surface area contributed by atoms with Crippen LogP contribution in [-0.2, 0) is 10.0 Å². The van der Waals surface area contributed by atoms with Gasteiger partial charge in [-0.2, -0.15) is 4.31 Å². The molecule has 0 bridgehead atoms. The number of piperazine rings is 1. The molecule has 0 aliphatic carbocycles. The minimum Gasteiger partial charge on any atom is -0.492 e. The second kappa shape index (κ2) is 8.09. The Morgan fingerprint density at radius 3 is 2.26 bits per heavy atom. The summed E-state index contributed by atoms with van der Waals surface area (Å²) in [6.45, 7) is 8.67. The van der Waals surface area contributed by atoms with Gasteiger partial charge in [0.05, 0.1) is 16.5 Å². The van der Waals surface area contributed by atoms with Crippen molar-refractivity contribution >= 4 is 27.3 Å². The number of hydrogen-bond acceptors (Lipinski definition) is 4. The zero-order chi connectivity index (χ0) is 19.6. The van der Waals surface area contributed by atoms with Gasteiger partial charge in [-0.25, -0.2) is 8.42 Å². The second-order valence-corrected chi connectivity index (χ2v) is 9.00. The van der Waals surface area contributed by atoms with E-state index in [0.29, 0.717) is 43.6 Å². The predicted octanol–water partition coefficient (Wildman–Crippen LogP) is 3.87. The van der Waals surface area contributed by atoms with Crippen molar-refractivity contribution < 1.29 is 13.2 Å². The molecular formula is C20H25ClN2O3S. The number of hydrogen-bond donors (Lipinski definition) is 0. The van der Waals surface area contributed by atoms with E-state index in [-0.39, 0.29) is 4.90 Å². The molecule has 0 saturated carbocycles. The van der Waals surface area contributed by atoms with Crippen LogP contribution in [0.5, 0.6) is 5.75 Å². The third kappa shape index (κ3) is 4.08. The largest absolute Gasteiger partial charge is 0.492 e. The molecule has 1 aliphatic heterocycles. The first-order valence-corrected chi connectivity index (χ1v) is 10.9. The van der Waals surface area contributed by atoms with Gasteiger partial charge in [0.1, 0.15) is 5.75 Å². The van der Waals surface area contributed by atoms with Gasteiger partial charge in [-0.15, -0.1) is 0 Å². The molecule has 0 atom stereocenters. The van der Waals surface area contributed by atoms with E-state index >= 15 is 0 Å². The summed E-state index contributed by atoms with van der Waals surface area (Å²) in [6.07, 6.45) is 0. The molecule has 1 heterocycles. The standard InChI is InChI=1S/C20H25ClN2O3S/c1-4-26-19-14-17(8-9-18(19)21)27(24,25)23-12-10-22(11-13-23)20-15(2)6-5-7-16(20)3/h5-9,14H,4,10-13H2,1-3H3. The molecule has 2 aromatic carbocycles. The third-order valence-electron chi connectivity index (χ3n) is 4.83. The Hall–Kier alpha value is -1.76. The lowest BCUT2D eigenvalue weighted by atomic mass is 10.1. The minimum atomic E-state index is -3.58. The van der Waals surface area contributed by atoms with E-state index in [0.717, 1.165) is 0 Å². The van der Waals surface area contributed by atoms with E-state index in [9.17, 15) is 8.42 Å². The SMILES string of the molecule is CCOc1cc(S(=O)(=O)N2CCN(c3c(C)cccc3C)CC2)ccc1Cl. The average molecular weight is 409 g/mol. The number of anilines is 1. The van der Waals surface area contributed by atoms with E-state index in [1.165, 1.54) is 33.3 Å². The Labute approximate surface area is 166 Å². The number of benzene rings is 2. The van der Waals surface area contributed by atoms with Gasteiger partial charge < -0.3 is 9.64 Å². The highest BCUT2D eigenvalue weighted by Gasteiger charge is 2.30. The van der Waals surface area contributed by atoms with Crippen LogP contribution in [0.4, 0.5) is 5.69 Å². The number of rotatable bonds is 5. The average Bonchev–Trinajstić information content (AvgIpc) is 2.64.